The molecule has 8 heteroatoms. The Balaban J connectivity index is 2.12. The molecule has 108 valence electrons. The van der Waals surface area contributed by atoms with Crippen LogP contribution in [0.15, 0.2) is 29.0 Å². The quantitative estimate of drug-likeness (QED) is 0.885. The molecule has 2 aromatic heterocycles. The van der Waals surface area contributed by atoms with E-state index in [-0.39, 0.29) is 11.9 Å². The number of thiophene rings is 2. The lowest BCUT2D eigenvalue weighted by molar-refractivity contribution is 0.0945. The van der Waals surface area contributed by atoms with E-state index >= 15 is 0 Å². The van der Waals surface area contributed by atoms with E-state index in [2.05, 4.69) is 10.0 Å². The summed E-state index contributed by atoms with van der Waals surface area (Å²) < 4.78 is 24.8. The molecule has 1 atom stereocenters. The van der Waals surface area contributed by atoms with Gasteiger partial charge in [-0.3, -0.25) is 9.52 Å². The lowest BCUT2D eigenvalue weighted by Gasteiger charge is -2.12. The summed E-state index contributed by atoms with van der Waals surface area (Å²) in [6.07, 6.45) is 1.06. The third-order valence-corrected chi connectivity index (χ3v) is 5.04. The van der Waals surface area contributed by atoms with E-state index in [0.717, 1.165) is 11.1 Å². The predicted molar refractivity (Wildman–Crippen MR) is 83.0 cm³/mol. The van der Waals surface area contributed by atoms with E-state index in [9.17, 15) is 13.2 Å². The molecule has 0 saturated carbocycles. The van der Waals surface area contributed by atoms with Crippen molar-refractivity contribution >= 4 is 44.3 Å². The van der Waals surface area contributed by atoms with Crippen molar-refractivity contribution in [1.29, 1.82) is 0 Å². The van der Waals surface area contributed by atoms with Crippen LogP contribution < -0.4 is 10.0 Å². The summed E-state index contributed by atoms with van der Waals surface area (Å²) in [6, 6.07) is 5.33. The Morgan fingerprint density at radius 1 is 1.25 bits per heavy atom. The van der Waals surface area contributed by atoms with Crippen LogP contribution in [0, 0.1) is 0 Å². The highest BCUT2D eigenvalue weighted by Crippen LogP contribution is 2.25. The second-order valence-corrected chi connectivity index (χ2v) is 7.89. The number of sulfonamides is 1. The second-order valence-electron chi connectivity index (χ2n) is 4.25. The van der Waals surface area contributed by atoms with Crippen LogP contribution in [0.2, 0.25) is 0 Å². The van der Waals surface area contributed by atoms with Crippen molar-refractivity contribution in [2.75, 3.05) is 11.0 Å². The van der Waals surface area contributed by atoms with E-state index in [0.29, 0.717) is 10.6 Å². The molecule has 0 saturated heterocycles. The molecule has 0 aliphatic heterocycles. The van der Waals surface area contributed by atoms with Crippen LogP contribution in [-0.4, -0.2) is 20.6 Å². The highest BCUT2D eigenvalue weighted by atomic mass is 32.2. The molecule has 5 nitrogen and oxygen atoms in total. The van der Waals surface area contributed by atoms with Gasteiger partial charge >= 0.3 is 0 Å². The van der Waals surface area contributed by atoms with Crippen LogP contribution in [0.3, 0.4) is 0 Å². The zero-order valence-corrected chi connectivity index (χ0v) is 13.4. The zero-order chi connectivity index (χ0) is 14.8. The molecule has 1 amide bonds. The van der Waals surface area contributed by atoms with Gasteiger partial charge in [-0.25, -0.2) is 8.42 Å². The summed E-state index contributed by atoms with van der Waals surface area (Å²) in [4.78, 5) is 13.6. The van der Waals surface area contributed by atoms with Crippen molar-refractivity contribution in [3.05, 3.63) is 38.7 Å². The number of rotatable bonds is 5. The number of hydrogen-bond donors (Lipinski definition) is 2. The van der Waals surface area contributed by atoms with Gasteiger partial charge in [0.1, 0.15) is 4.88 Å². The molecule has 2 N–H and O–H groups in total. The Morgan fingerprint density at radius 3 is 2.60 bits per heavy atom. The first-order valence-corrected chi connectivity index (χ1v) is 9.41. The molecular weight excluding hydrogens is 316 g/mol. The molecular formula is C12H14N2O3S3. The molecule has 0 fully saturated rings. The molecule has 2 rings (SSSR count). The van der Waals surface area contributed by atoms with Crippen molar-refractivity contribution < 1.29 is 13.2 Å². The van der Waals surface area contributed by atoms with Crippen molar-refractivity contribution in [3.8, 4) is 0 Å². The normalized spacial score (nSPS) is 12.9. The van der Waals surface area contributed by atoms with Crippen molar-refractivity contribution in [3.63, 3.8) is 0 Å². The van der Waals surface area contributed by atoms with Gasteiger partial charge in [-0.2, -0.15) is 0 Å². The molecule has 0 aliphatic carbocycles. The van der Waals surface area contributed by atoms with Gasteiger partial charge in [-0.15, -0.1) is 22.7 Å². The van der Waals surface area contributed by atoms with Gasteiger partial charge in [0.2, 0.25) is 10.0 Å². The summed E-state index contributed by atoms with van der Waals surface area (Å²) in [5.41, 5.74) is 0.313. The van der Waals surface area contributed by atoms with Crippen LogP contribution in [0.1, 0.15) is 27.5 Å². The largest absolute Gasteiger partial charge is 0.344 e. The highest BCUT2D eigenvalue weighted by molar-refractivity contribution is 7.92. The zero-order valence-electron chi connectivity index (χ0n) is 10.9. The molecule has 0 aliphatic rings. The van der Waals surface area contributed by atoms with Gasteiger partial charge in [0.05, 0.1) is 18.0 Å². The van der Waals surface area contributed by atoms with E-state index in [1.807, 2.05) is 24.4 Å². The minimum absolute atomic E-state index is 0.115. The maximum Gasteiger partial charge on any atom is 0.264 e. The van der Waals surface area contributed by atoms with Gasteiger partial charge in [0.25, 0.3) is 5.91 Å². The van der Waals surface area contributed by atoms with Crippen LogP contribution in [0.4, 0.5) is 5.69 Å². The Labute approximate surface area is 125 Å². The minimum atomic E-state index is -3.40. The molecule has 0 aromatic carbocycles. The second kappa shape index (κ2) is 5.94. The molecule has 0 bridgehead atoms. The SMILES string of the molecule is CC(NC(=O)c1sccc1NS(C)(=O)=O)c1cccs1. The van der Waals surface area contributed by atoms with E-state index < -0.39 is 10.0 Å². The first kappa shape index (κ1) is 15.0. The smallest absolute Gasteiger partial charge is 0.264 e. The van der Waals surface area contributed by atoms with Gasteiger partial charge in [-0.05, 0) is 29.8 Å². The minimum Gasteiger partial charge on any atom is -0.344 e. The number of nitrogens with one attached hydrogen (secondary N) is 2. The van der Waals surface area contributed by atoms with Crippen LogP contribution in [-0.2, 0) is 10.0 Å². The molecule has 2 aromatic rings. The Morgan fingerprint density at radius 2 is 2.00 bits per heavy atom. The Bertz CT molecular complexity index is 689. The first-order chi connectivity index (χ1) is 9.37. The molecule has 0 radical (unpaired) electrons. The summed E-state index contributed by atoms with van der Waals surface area (Å²) in [5, 5.41) is 6.48. The summed E-state index contributed by atoms with van der Waals surface area (Å²) in [7, 11) is -3.40. The Hall–Kier alpha value is -1.38. The van der Waals surface area contributed by atoms with Gasteiger partial charge in [0.15, 0.2) is 0 Å². The fraction of sp³-hybridized carbons (Fsp3) is 0.250. The highest BCUT2D eigenvalue weighted by Gasteiger charge is 2.18. The lowest BCUT2D eigenvalue weighted by Crippen LogP contribution is -2.26. The van der Waals surface area contributed by atoms with E-state index in [1.54, 1.807) is 22.8 Å². The third kappa shape index (κ3) is 3.81. The molecule has 20 heavy (non-hydrogen) atoms. The fourth-order valence-corrected chi connectivity index (χ4v) is 3.76. The topological polar surface area (TPSA) is 75.3 Å². The fourth-order valence-electron chi connectivity index (χ4n) is 1.64. The average molecular weight is 330 g/mol. The maximum atomic E-state index is 12.2. The molecule has 1 unspecified atom stereocenters. The number of amides is 1. The van der Waals surface area contributed by atoms with Crippen molar-refractivity contribution in [2.24, 2.45) is 0 Å². The van der Waals surface area contributed by atoms with Crippen molar-refractivity contribution in [1.82, 2.24) is 5.32 Å². The molecule has 2 heterocycles. The maximum absolute atomic E-state index is 12.2. The van der Waals surface area contributed by atoms with Gasteiger partial charge < -0.3 is 5.32 Å². The van der Waals surface area contributed by atoms with E-state index in [1.165, 1.54) is 11.3 Å². The molecule has 0 spiro atoms. The standard InChI is InChI=1S/C12H14N2O3S3/c1-8(10-4-3-6-18-10)13-12(15)11-9(5-7-19-11)14-20(2,16)17/h3-8,14H,1-2H3,(H,13,15). The summed E-state index contributed by atoms with van der Waals surface area (Å²) in [5.74, 6) is -0.285. The number of carbonyl (C=O) groups excluding carboxylic acids is 1. The lowest BCUT2D eigenvalue weighted by atomic mass is 10.2. The number of anilines is 1. The monoisotopic (exact) mass is 330 g/mol. The third-order valence-electron chi connectivity index (χ3n) is 2.48. The average Bonchev–Trinajstić information content (AvgIpc) is 2.96. The number of hydrogen-bond acceptors (Lipinski definition) is 5. The summed E-state index contributed by atoms with van der Waals surface area (Å²) >= 11 is 2.76. The van der Waals surface area contributed by atoms with Crippen LogP contribution in [0.5, 0.6) is 0 Å². The van der Waals surface area contributed by atoms with E-state index in [4.69, 9.17) is 0 Å². The van der Waals surface area contributed by atoms with Gasteiger partial charge in [-0.1, -0.05) is 6.07 Å². The first-order valence-electron chi connectivity index (χ1n) is 5.76. The van der Waals surface area contributed by atoms with Crippen molar-refractivity contribution in [2.45, 2.75) is 13.0 Å². The van der Waals surface area contributed by atoms with Gasteiger partial charge in [0, 0.05) is 4.88 Å². The van der Waals surface area contributed by atoms with Crippen LogP contribution in [0.25, 0.3) is 0 Å². The number of carbonyl (C=O) groups is 1. The predicted octanol–water partition coefficient (Wildman–Crippen LogP) is 2.67. The van der Waals surface area contributed by atoms with Crippen LogP contribution >= 0.6 is 22.7 Å². The Kier molecular flexibility index (Phi) is 4.46. The summed E-state index contributed by atoms with van der Waals surface area (Å²) in [6.45, 7) is 1.89.